The second kappa shape index (κ2) is 57.3. The summed E-state index contributed by atoms with van der Waals surface area (Å²) in [4.78, 5) is 43.3. The third-order valence-electron chi connectivity index (χ3n) is 14.6. The van der Waals surface area contributed by atoms with E-state index in [1.54, 1.807) is 0 Å². The fraction of sp³-hybridized carbons (Fsp3) is 0.967. The van der Waals surface area contributed by atoms with Crippen LogP contribution in [0.25, 0.3) is 0 Å². The highest BCUT2D eigenvalue weighted by Crippen LogP contribution is 2.36. The fourth-order valence-corrected chi connectivity index (χ4v) is 10.3. The Labute approximate surface area is 435 Å². The van der Waals surface area contributed by atoms with Crippen molar-refractivity contribution in [1.29, 1.82) is 0 Å². The Morgan fingerprint density at radius 3 is 0.729 bits per heavy atom. The van der Waals surface area contributed by atoms with Gasteiger partial charge >= 0.3 is 19.8 Å². The van der Waals surface area contributed by atoms with Crippen LogP contribution in [0.2, 0.25) is 0 Å². The SMILES string of the molecule is CCCCCCCCCCCCCCCCCCCCCCCCCCCCC(=O)OC[C@H](COP(=O)(O)O)OC(=O)CCCCCCCCCCCCCCCCCCCCCCCCCCCC. The van der Waals surface area contributed by atoms with Crippen molar-refractivity contribution in [2.75, 3.05) is 13.2 Å². The molecule has 0 fully saturated rings. The number of hydrogen-bond donors (Lipinski definition) is 2. The predicted molar refractivity (Wildman–Crippen MR) is 300 cm³/mol. The molecule has 0 aliphatic rings. The maximum atomic E-state index is 12.5. The van der Waals surface area contributed by atoms with Gasteiger partial charge in [-0.3, -0.25) is 14.1 Å². The van der Waals surface area contributed by atoms with Crippen molar-refractivity contribution in [3.8, 4) is 0 Å². The molecule has 0 aliphatic carbocycles. The number of ether oxygens (including phenoxy) is 2. The van der Waals surface area contributed by atoms with Crippen LogP contribution >= 0.6 is 7.82 Å². The van der Waals surface area contributed by atoms with Crippen molar-refractivity contribution in [2.45, 2.75) is 367 Å². The fourth-order valence-electron chi connectivity index (χ4n) is 9.97. The number of carbonyl (C=O) groups is 2. The van der Waals surface area contributed by atoms with Crippen LogP contribution in [0.3, 0.4) is 0 Å². The average Bonchev–Trinajstić information content (AvgIpc) is 3.34. The third kappa shape index (κ3) is 59.6. The van der Waals surface area contributed by atoms with Gasteiger partial charge in [0.05, 0.1) is 6.61 Å². The van der Waals surface area contributed by atoms with E-state index >= 15 is 0 Å². The van der Waals surface area contributed by atoms with Crippen molar-refractivity contribution < 1.29 is 37.9 Å². The zero-order valence-electron chi connectivity index (χ0n) is 47.0. The number of phosphoric acid groups is 1. The molecule has 0 aromatic carbocycles. The Morgan fingerprint density at radius 1 is 0.314 bits per heavy atom. The van der Waals surface area contributed by atoms with E-state index in [0.29, 0.717) is 6.42 Å². The lowest BCUT2D eigenvalue weighted by molar-refractivity contribution is -0.161. The van der Waals surface area contributed by atoms with Crippen LogP contribution in [-0.4, -0.2) is 41.0 Å². The van der Waals surface area contributed by atoms with E-state index in [0.717, 1.165) is 32.1 Å². The molecule has 70 heavy (non-hydrogen) atoms. The van der Waals surface area contributed by atoms with Crippen molar-refractivity contribution in [3.05, 3.63) is 0 Å². The first kappa shape index (κ1) is 69.0. The highest BCUT2D eigenvalue weighted by Gasteiger charge is 2.23. The second-order valence-electron chi connectivity index (χ2n) is 21.8. The Hall–Kier alpha value is -0.950. The van der Waals surface area contributed by atoms with Crippen LogP contribution in [0.1, 0.15) is 361 Å². The van der Waals surface area contributed by atoms with E-state index in [-0.39, 0.29) is 19.4 Å². The van der Waals surface area contributed by atoms with Gasteiger partial charge in [-0.05, 0) is 12.8 Å². The van der Waals surface area contributed by atoms with E-state index in [4.69, 9.17) is 9.47 Å². The maximum Gasteiger partial charge on any atom is 0.469 e. The number of hydrogen-bond acceptors (Lipinski definition) is 6. The van der Waals surface area contributed by atoms with E-state index in [1.165, 1.54) is 295 Å². The molecule has 0 aliphatic heterocycles. The highest BCUT2D eigenvalue weighted by atomic mass is 31.2. The molecular formula is C61H121O8P. The van der Waals surface area contributed by atoms with Gasteiger partial charge in [-0.1, -0.05) is 335 Å². The molecule has 0 unspecified atom stereocenters. The molecule has 0 aromatic heterocycles. The number of rotatable bonds is 60. The molecule has 0 saturated carbocycles. The maximum absolute atomic E-state index is 12.5. The Bertz CT molecular complexity index is 1100. The Kier molecular flexibility index (Phi) is 56.6. The van der Waals surface area contributed by atoms with E-state index in [9.17, 15) is 23.9 Å². The van der Waals surface area contributed by atoms with Crippen molar-refractivity contribution in [1.82, 2.24) is 0 Å². The molecule has 2 N–H and O–H groups in total. The van der Waals surface area contributed by atoms with Crippen LogP contribution in [0.4, 0.5) is 0 Å². The summed E-state index contributed by atoms with van der Waals surface area (Å²) in [6.07, 6.45) is 68.8. The zero-order chi connectivity index (χ0) is 51.0. The predicted octanol–water partition coefficient (Wildman–Crippen LogP) is 20.7. The van der Waals surface area contributed by atoms with E-state index in [2.05, 4.69) is 18.4 Å². The van der Waals surface area contributed by atoms with Gasteiger partial charge < -0.3 is 19.3 Å². The topological polar surface area (TPSA) is 119 Å². The van der Waals surface area contributed by atoms with Crippen LogP contribution in [0.5, 0.6) is 0 Å². The van der Waals surface area contributed by atoms with Gasteiger partial charge in [0.1, 0.15) is 6.61 Å². The normalized spacial score (nSPS) is 12.2. The summed E-state index contributed by atoms with van der Waals surface area (Å²) in [7, 11) is -4.76. The van der Waals surface area contributed by atoms with Crippen molar-refractivity contribution >= 4 is 19.8 Å². The Balaban J connectivity index is 3.66. The quantitative estimate of drug-likeness (QED) is 0.0351. The summed E-state index contributed by atoms with van der Waals surface area (Å²) in [5.41, 5.74) is 0. The largest absolute Gasteiger partial charge is 0.469 e. The van der Waals surface area contributed by atoms with Gasteiger partial charge in [-0.25, -0.2) is 4.57 Å². The molecule has 0 radical (unpaired) electrons. The molecule has 0 rings (SSSR count). The van der Waals surface area contributed by atoms with Crippen LogP contribution < -0.4 is 0 Å². The summed E-state index contributed by atoms with van der Waals surface area (Å²) in [6, 6.07) is 0. The number of unbranched alkanes of at least 4 members (excludes halogenated alkanes) is 50. The summed E-state index contributed by atoms with van der Waals surface area (Å²) in [5.74, 6) is -0.855. The third-order valence-corrected chi connectivity index (χ3v) is 15.1. The summed E-state index contributed by atoms with van der Waals surface area (Å²) in [5, 5.41) is 0. The average molecular weight is 1010 g/mol. The zero-order valence-corrected chi connectivity index (χ0v) is 47.9. The minimum atomic E-state index is -4.76. The van der Waals surface area contributed by atoms with Crippen LogP contribution in [0, 0.1) is 0 Å². The molecule has 0 saturated heterocycles. The monoisotopic (exact) mass is 1010 g/mol. The molecule has 0 heterocycles. The number of carbonyl (C=O) groups excluding carboxylic acids is 2. The van der Waals surface area contributed by atoms with Gasteiger partial charge in [0, 0.05) is 12.8 Å². The number of esters is 2. The van der Waals surface area contributed by atoms with Crippen LogP contribution in [0.15, 0.2) is 0 Å². The number of phosphoric ester groups is 1. The second-order valence-corrected chi connectivity index (χ2v) is 23.0. The first-order valence-electron chi connectivity index (χ1n) is 31.3. The van der Waals surface area contributed by atoms with Gasteiger partial charge in [-0.15, -0.1) is 0 Å². The molecule has 8 nitrogen and oxygen atoms in total. The molecule has 0 amide bonds. The Morgan fingerprint density at radius 2 is 0.514 bits per heavy atom. The molecule has 418 valence electrons. The first-order valence-corrected chi connectivity index (χ1v) is 32.9. The van der Waals surface area contributed by atoms with Gasteiger partial charge in [-0.2, -0.15) is 0 Å². The standard InChI is InChI=1S/C61H121O8P/c1-3-5-7-9-11-13-15-17-19-21-23-25-27-29-31-33-35-37-39-41-43-45-47-49-51-53-55-60(62)67-57-59(58-68-70(64,65)66)69-61(63)56-54-52-50-48-46-44-42-40-38-36-34-32-30-28-26-24-22-20-18-16-14-12-10-8-6-4-2/h59H,3-58H2,1-2H3,(H2,64,65,66)/t59-/m1/s1. The summed E-state index contributed by atoms with van der Waals surface area (Å²) in [6.45, 7) is 3.78. The molecule has 0 aromatic rings. The van der Waals surface area contributed by atoms with Crippen LogP contribution in [-0.2, 0) is 28.2 Å². The highest BCUT2D eigenvalue weighted by molar-refractivity contribution is 7.46. The van der Waals surface area contributed by atoms with E-state index in [1.807, 2.05) is 0 Å². The van der Waals surface area contributed by atoms with Gasteiger partial charge in [0.25, 0.3) is 0 Å². The molecule has 0 bridgehead atoms. The smallest absolute Gasteiger partial charge is 0.462 e. The summed E-state index contributed by atoms with van der Waals surface area (Å²) >= 11 is 0. The van der Waals surface area contributed by atoms with Crippen molar-refractivity contribution in [2.24, 2.45) is 0 Å². The van der Waals surface area contributed by atoms with Crippen molar-refractivity contribution in [3.63, 3.8) is 0 Å². The van der Waals surface area contributed by atoms with E-state index < -0.39 is 32.5 Å². The molecule has 9 heteroatoms. The first-order chi connectivity index (χ1) is 34.3. The van der Waals surface area contributed by atoms with Gasteiger partial charge in [0.2, 0.25) is 0 Å². The lowest BCUT2D eigenvalue weighted by Gasteiger charge is -2.18. The lowest BCUT2D eigenvalue weighted by atomic mass is 10.0. The summed E-state index contributed by atoms with van der Waals surface area (Å²) < 4.78 is 26.7. The minimum Gasteiger partial charge on any atom is -0.462 e. The molecular weight excluding hydrogens is 892 g/mol. The minimum absolute atomic E-state index is 0.222. The van der Waals surface area contributed by atoms with Gasteiger partial charge in [0.15, 0.2) is 6.10 Å². The lowest BCUT2D eigenvalue weighted by Crippen LogP contribution is -2.29. The molecule has 0 spiro atoms. The molecule has 1 atom stereocenters.